The summed E-state index contributed by atoms with van der Waals surface area (Å²) in [5, 5.41) is 14.8. The normalized spacial score (nSPS) is 16.5. The lowest BCUT2D eigenvalue weighted by atomic mass is 10.1. The van der Waals surface area contributed by atoms with Crippen LogP contribution in [0.5, 0.6) is 0 Å². The molecular formula is C19H36N6O. The number of hydrogen-bond donors (Lipinski definition) is 2. The van der Waals surface area contributed by atoms with Crippen LogP contribution < -0.4 is 10.6 Å². The highest BCUT2D eigenvalue weighted by Crippen LogP contribution is 2.19. The summed E-state index contributed by atoms with van der Waals surface area (Å²) in [5.41, 5.74) is 0. The second-order valence-electron chi connectivity index (χ2n) is 6.91. The van der Waals surface area contributed by atoms with Gasteiger partial charge in [0.1, 0.15) is 12.2 Å². The first-order valence-corrected chi connectivity index (χ1v) is 10.3. The van der Waals surface area contributed by atoms with Gasteiger partial charge in [-0.15, -0.1) is 10.2 Å². The Labute approximate surface area is 158 Å². The van der Waals surface area contributed by atoms with Crippen LogP contribution in [0.1, 0.15) is 64.1 Å². The zero-order chi connectivity index (χ0) is 18.5. The third-order valence-corrected chi connectivity index (χ3v) is 4.90. The van der Waals surface area contributed by atoms with Crippen LogP contribution in [0.15, 0.2) is 11.3 Å². The number of nitrogens with one attached hydrogen (secondary N) is 2. The zero-order valence-electron chi connectivity index (χ0n) is 16.5. The van der Waals surface area contributed by atoms with Crippen molar-refractivity contribution < 1.29 is 4.74 Å². The lowest BCUT2D eigenvalue weighted by Gasteiger charge is -2.15. The molecule has 0 bridgehead atoms. The Kier molecular flexibility index (Phi) is 10.1. The molecule has 148 valence electrons. The topological polar surface area (TPSA) is 76.4 Å². The molecule has 0 saturated heterocycles. The van der Waals surface area contributed by atoms with Crippen LogP contribution in [-0.2, 0) is 17.7 Å². The molecule has 1 aliphatic rings. The largest absolute Gasteiger partial charge is 0.378 e. The van der Waals surface area contributed by atoms with Crippen molar-refractivity contribution in [3.63, 3.8) is 0 Å². The average Bonchev–Trinajstić information content (AvgIpc) is 2.96. The summed E-state index contributed by atoms with van der Waals surface area (Å²) in [5.74, 6) is 1.87. The van der Waals surface area contributed by atoms with Crippen LogP contribution in [-0.4, -0.2) is 53.6 Å². The minimum atomic E-state index is 0.505. The molecule has 2 N–H and O–H groups in total. The molecule has 1 aromatic heterocycles. The zero-order valence-corrected chi connectivity index (χ0v) is 16.5. The molecule has 1 fully saturated rings. The molecule has 0 unspecified atom stereocenters. The van der Waals surface area contributed by atoms with E-state index in [2.05, 4.69) is 37.3 Å². The van der Waals surface area contributed by atoms with Crippen molar-refractivity contribution in [2.75, 3.05) is 26.7 Å². The molecule has 1 heterocycles. The van der Waals surface area contributed by atoms with E-state index >= 15 is 0 Å². The van der Waals surface area contributed by atoms with Crippen molar-refractivity contribution in [3.8, 4) is 0 Å². The summed E-state index contributed by atoms with van der Waals surface area (Å²) in [7, 11) is 1.81. The second-order valence-corrected chi connectivity index (χ2v) is 6.91. The van der Waals surface area contributed by atoms with E-state index in [1.807, 2.05) is 0 Å². The minimum Gasteiger partial charge on any atom is -0.378 e. The predicted molar refractivity (Wildman–Crippen MR) is 105 cm³/mol. The third kappa shape index (κ3) is 7.72. The van der Waals surface area contributed by atoms with Crippen LogP contribution in [0.2, 0.25) is 0 Å². The molecule has 0 atom stereocenters. The standard InChI is InChI=1S/C19H36N6O/c1-3-18-24-23-16-25(18)14-13-22-19(20-2)21-12-8-9-15-26-17-10-6-4-5-7-11-17/h16-17H,3-15H2,1-2H3,(H2,20,21,22). The van der Waals surface area contributed by atoms with Crippen molar-refractivity contribution >= 4 is 5.96 Å². The number of aliphatic imine (C=N–C) groups is 1. The molecule has 1 saturated carbocycles. The van der Waals surface area contributed by atoms with Crippen molar-refractivity contribution in [1.82, 2.24) is 25.4 Å². The van der Waals surface area contributed by atoms with Gasteiger partial charge in [0.15, 0.2) is 5.96 Å². The van der Waals surface area contributed by atoms with Gasteiger partial charge < -0.3 is 19.9 Å². The Hall–Kier alpha value is -1.63. The van der Waals surface area contributed by atoms with Crippen molar-refractivity contribution in [2.24, 2.45) is 4.99 Å². The van der Waals surface area contributed by atoms with Gasteiger partial charge in [-0.3, -0.25) is 4.99 Å². The SMILES string of the molecule is CCc1nncn1CCNC(=NC)NCCCCOC1CCCCCC1. The minimum absolute atomic E-state index is 0.505. The Morgan fingerprint density at radius 1 is 1.19 bits per heavy atom. The summed E-state index contributed by atoms with van der Waals surface area (Å²) in [4.78, 5) is 4.27. The highest BCUT2D eigenvalue weighted by molar-refractivity contribution is 5.79. The van der Waals surface area contributed by atoms with Gasteiger partial charge in [0, 0.05) is 39.7 Å². The number of unbranched alkanes of at least 4 members (excludes halogenated alkanes) is 1. The van der Waals surface area contributed by atoms with Crippen molar-refractivity contribution in [2.45, 2.75) is 77.4 Å². The van der Waals surface area contributed by atoms with E-state index in [1.165, 1.54) is 38.5 Å². The van der Waals surface area contributed by atoms with Gasteiger partial charge in [0.05, 0.1) is 6.10 Å². The van der Waals surface area contributed by atoms with Gasteiger partial charge in [0.25, 0.3) is 0 Å². The first kappa shape index (κ1) is 20.7. The van der Waals surface area contributed by atoms with Gasteiger partial charge in [0.2, 0.25) is 0 Å². The maximum Gasteiger partial charge on any atom is 0.191 e. The van der Waals surface area contributed by atoms with E-state index in [0.717, 1.165) is 57.3 Å². The molecule has 0 spiro atoms. The quantitative estimate of drug-likeness (QED) is 0.289. The van der Waals surface area contributed by atoms with E-state index in [9.17, 15) is 0 Å². The fourth-order valence-electron chi connectivity index (χ4n) is 3.35. The molecule has 7 heteroatoms. The van der Waals surface area contributed by atoms with E-state index in [4.69, 9.17) is 4.74 Å². The molecular weight excluding hydrogens is 328 g/mol. The average molecular weight is 365 g/mol. The maximum atomic E-state index is 6.04. The summed E-state index contributed by atoms with van der Waals surface area (Å²) < 4.78 is 8.11. The number of aromatic nitrogens is 3. The summed E-state index contributed by atoms with van der Waals surface area (Å²) >= 11 is 0. The van der Waals surface area contributed by atoms with Crippen molar-refractivity contribution in [1.29, 1.82) is 0 Å². The van der Waals surface area contributed by atoms with Crippen LogP contribution in [0.4, 0.5) is 0 Å². The van der Waals surface area contributed by atoms with Gasteiger partial charge >= 0.3 is 0 Å². The van der Waals surface area contributed by atoms with Gasteiger partial charge in [-0.25, -0.2) is 0 Å². The van der Waals surface area contributed by atoms with Crippen LogP contribution in [0, 0.1) is 0 Å². The number of aryl methyl sites for hydroxylation is 1. The highest BCUT2D eigenvalue weighted by Gasteiger charge is 2.11. The van der Waals surface area contributed by atoms with Gasteiger partial charge in [-0.2, -0.15) is 0 Å². The molecule has 2 rings (SSSR count). The van der Waals surface area contributed by atoms with Crippen molar-refractivity contribution in [3.05, 3.63) is 12.2 Å². The lowest BCUT2D eigenvalue weighted by Crippen LogP contribution is -2.39. The van der Waals surface area contributed by atoms with Gasteiger partial charge in [-0.1, -0.05) is 32.6 Å². The maximum absolute atomic E-state index is 6.04. The molecule has 26 heavy (non-hydrogen) atoms. The molecule has 0 radical (unpaired) electrons. The number of ether oxygens (including phenoxy) is 1. The number of guanidine groups is 1. The fourth-order valence-corrected chi connectivity index (χ4v) is 3.35. The highest BCUT2D eigenvalue weighted by atomic mass is 16.5. The molecule has 0 amide bonds. The molecule has 0 aliphatic heterocycles. The van der Waals surface area contributed by atoms with E-state index < -0.39 is 0 Å². The Morgan fingerprint density at radius 2 is 1.96 bits per heavy atom. The monoisotopic (exact) mass is 364 g/mol. The first-order valence-electron chi connectivity index (χ1n) is 10.3. The molecule has 0 aromatic carbocycles. The lowest BCUT2D eigenvalue weighted by molar-refractivity contribution is 0.0411. The Balaban J connectivity index is 1.50. The Bertz CT molecular complexity index is 508. The summed E-state index contributed by atoms with van der Waals surface area (Å²) in [6.07, 6.45) is 13.3. The van der Waals surface area contributed by atoms with Crippen LogP contribution >= 0.6 is 0 Å². The smallest absolute Gasteiger partial charge is 0.191 e. The summed E-state index contributed by atoms with van der Waals surface area (Å²) in [6, 6.07) is 0. The van der Waals surface area contributed by atoms with E-state index in [1.54, 1.807) is 13.4 Å². The summed E-state index contributed by atoms with van der Waals surface area (Å²) in [6.45, 7) is 5.53. The van der Waals surface area contributed by atoms with E-state index in [-0.39, 0.29) is 0 Å². The van der Waals surface area contributed by atoms with E-state index in [0.29, 0.717) is 6.10 Å². The predicted octanol–water partition coefficient (Wildman–Crippen LogP) is 2.53. The number of hydrogen-bond acceptors (Lipinski definition) is 4. The second kappa shape index (κ2) is 12.7. The molecule has 1 aromatic rings. The number of rotatable bonds is 10. The van der Waals surface area contributed by atoms with Crippen LogP contribution in [0.25, 0.3) is 0 Å². The van der Waals surface area contributed by atoms with Crippen LogP contribution in [0.3, 0.4) is 0 Å². The third-order valence-electron chi connectivity index (χ3n) is 4.90. The van der Waals surface area contributed by atoms with Gasteiger partial charge in [-0.05, 0) is 25.7 Å². The first-order chi connectivity index (χ1) is 12.8. The Morgan fingerprint density at radius 3 is 2.69 bits per heavy atom. The fraction of sp³-hybridized carbons (Fsp3) is 0.842. The number of nitrogens with zero attached hydrogens (tertiary/aromatic N) is 4. The molecule has 7 nitrogen and oxygen atoms in total. The molecule has 1 aliphatic carbocycles.